The number of nitrogens with zero attached hydrogens (tertiary/aromatic N) is 1. The van der Waals surface area contributed by atoms with E-state index in [-0.39, 0.29) is 0 Å². The van der Waals surface area contributed by atoms with Gasteiger partial charge in [-0.1, -0.05) is 76.7 Å². The maximum atomic E-state index is 4.35. The van der Waals surface area contributed by atoms with Crippen molar-refractivity contribution < 1.29 is 0 Å². The molecule has 5 rings (SSSR count). The van der Waals surface area contributed by atoms with Crippen molar-refractivity contribution in [3.8, 4) is 0 Å². The van der Waals surface area contributed by atoms with Gasteiger partial charge in [0.25, 0.3) is 0 Å². The van der Waals surface area contributed by atoms with Crippen LogP contribution in [-0.4, -0.2) is 7.05 Å². The van der Waals surface area contributed by atoms with Crippen LogP contribution >= 0.6 is 11.3 Å². The van der Waals surface area contributed by atoms with Gasteiger partial charge >= 0.3 is 0 Å². The van der Waals surface area contributed by atoms with Crippen molar-refractivity contribution in [2.24, 2.45) is 0 Å². The predicted molar refractivity (Wildman–Crippen MR) is 138 cm³/mol. The van der Waals surface area contributed by atoms with E-state index < -0.39 is 0 Å². The Hall–Kier alpha value is -2.84. The molecular formula is C28H31NS. The lowest BCUT2D eigenvalue weighted by Crippen LogP contribution is -2.11. The average molecular weight is 414 g/mol. The van der Waals surface area contributed by atoms with Crippen LogP contribution in [0.15, 0.2) is 73.5 Å². The van der Waals surface area contributed by atoms with Crippen molar-refractivity contribution in [2.45, 2.75) is 34.1 Å². The molecule has 3 aromatic rings. The quantitative estimate of drug-likeness (QED) is 0.386. The van der Waals surface area contributed by atoms with Crippen LogP contribution in [0.3, 0.4) is 0 Å². The molecule has 1 aromatic heterocycles. The topological polar surface area (TPSA) is 3.24 Å². The Bertz CT molecular complexity index is 1140. The molecule has 0 unspecified atom stereocenters. The van der Waals surface area contributed by atoms with E-state index in [2.05, 4.69) is 91.5 Å². The highest BCUT2D eigenvalue weighted by Crippen LogP contribution is 2.41. The molecule has 154 valence electrons. The summed E-state index contributed by atoms with van der Waals surface area (Å²) in [7, 11) is 2.09. The zero-order chi connectivity index (χ0) is 21.7. The lowest BCUT2D eigenvalue weighted by atomic mass is 9.96. The van der Waals surface area contributed by atoms with E-state index in [1.165, 1.54) is 42.9 Å². The highest BCUT2D eigenvalue weighted by atomic mass is 32.1. The number of hydrogen-bond acceptors (Lipinski definition) is 2. The summed E-state index contributed by atoms with van der Waals surface area (Å²) in [4.78, 5) is 3.58. The lowest BCUT2D eigenvalue weighted by Gasteiger charge is -2.21. The fraction of sp³-hybridized carbons (Fsp3) is 0.214. The molecule has 2 heteroatoms. The molecule has 0 fully saturated rings. The Balaban J connectivity index is 0.000000606. The monoisotopic (exact) mass is 413 g/mol. The fourth-order valence-electron chi connectivity index (χ4n) is 3.85. The summed E-state index contributed by atoms with van der Waals surface area (Å²) in [5.74, 6) is 0. The number of fused-ring (bicyclic) bond motifs is 4. The summed E-state index contributed by atoms with van der Waals surface area (Å²) in [5, 5.41) is 1.39. The van der Waals surface area contributed by atoms with Crippen molar-refractivity contribution >= 4 is 44.3 Å². The van der Waals surface area contributed by atoms with Gasteiger partial charge in [0.2, 0.25) is 0 Å². The predicted octanol–water partition coefficient (Wildman–Crippen LogP) is 8.58. The standard InChI is InChI=1S/C24H19NS.2C2H6/c1-16-15-17(13-14-25(2)22-11-4-3-7-18(16)22)19-8-5-10-21-20-9-6-12-23(20)26-24(19)21;2*1-2/h3-8,10-15H,1,9H2,2H3;2*1-2H3/b14-13-,17-15+;;. The maximum absolute atomic E-state index is 4.35. The van der Waals surface area contributed by atoms with Crippen LogP contribution in [0.1, 0.15) is 49.3 Å². The summed E-state index contributed by atoms with van der Waals surface area (Å²) in [6, 6.07) is 15.1. The molecule has 0 N–H and O–H groups in total. The summed E-state index contributed by atoms with van der Waals surface area (Å²) < 4.78 is 1.38. The normalized spacial score (nSPS) is 16.8. The molecule has 0 saturated carbocycles. The number of allylic oxidation sites excluding steroid dienone is 5. The number of thiophene rings is 1. The molecule has 2 heterocycles. The van der Waals surface area contributed by atoms with E-state index in [0.717, 1.165) is 12.0 Å². The van der Waals surface area contributed by atoms with Gasteiger partial charge in [-0.05, 0) is 58.4 Å². The zero-order valence-corrected chi connectivity index (χ0v) is 19.5. The van der Waals surface area contributed by atoms with E-state index in [1.54, 1.807) is 0 Å². The van der Waals surface area contributed by atoms with Crippen molar-refractivity contribution in [1.29, 1.82) is 0 Å². The van der Waals surface area contributed by atoms with Crippen LogP contribution in [0.2, 0.25) is 0 Å². The molecule has 0 atom stereocenters. The third kappa shape index (κ3) is 3.93. The van der Waals surface area contributed by atoms with Gasteiger partial charge in [0.05, 0.1) is 0 Å². The Labute approximate surface area is 185 Å². The second-order valence-corrected chi connectivity index (χ2v) is 7.85. The first-order valence-corrected chi connectivity index (χ1v) is 11.7. The number of para-hydroxylation sites is 1. The highest BCUT2D eigenvalue weighted by Gasteiger charge is 2.17. The summed E-state index contributed by atoms with van der Waals surface area (Å²) >= 11 is 1.90. The maximum Gasteiger partial charge on any atom is 0.0482 e. The molecule has 2 aromatic carbocycles. The SMILES string of the molecule is C=C1/C=C(c2cccc3c4c(sc23)C=CC4)\C=C/N(C)c2ccccc21.CC.CC. The number of rotatable bonds is 1. The Kier molecular flexibility index (Phi) is 7.12. The van der Waals surface area contributed by atoms with Crippen molar-refractivity contribution in [3.05, 3.63) is 95.0 Å². The summed E-state index contributed by atoms with van der Waals surface area (Å²) in [5.41, 5.74) is 7.39. The van der Waals surface area contributed by atoms with Crippen LogP contribution < -0.4 is 4.90 Å². The van der Waals surface area contributed by atoms with Crippen molar-refractivity contribution in [2.75, 3.05) is 11.9 Å². The summed E-state index contributed by atoms with van der Waals surface area (Å²) in [6.07, 6.45) is 12.1. The Morgan fingerprint density at radius 2 is 1.63 bits per heavy atom. The van der Waals surface area contributed by atoms with E-state index in [9.17, 15) is 0 Å². The van der Waals surface area contributed by atoms with Gasteiger partial charge in [-0.2, -0.15) is 0 Å². The van der Waals surface area contributed by atoms with Gasteiger partial charge in [0.1, 0.15) is 0 Å². The number of hydrogen-bond donors (Lipinski definition) is 0. The smallest absolute Gasteiger partial charge is 0.0482 e. The minimum atomic E-state index is 1.05. The molecule has 30 heavy (non-hydrogen) atoms. The van der Waals surface area contributed by atoms with Gasteiger partial charge in [-0.15, -0.1) is 11.3 Å². The third-order valence-electron chi connectivity index (χ3n) is 5.19. The molecule has 0 amide bonds. The molecule has 0 spiro atoms. The van der Waals surface area contributed by atoms with E-state index in [0.29, 0.717) is 0 Å². The minimum absolute atomic E-state index is 1.05. The van der Waals surface area contributed by atoms with Gasteiger partial charge < -0.3 is 4.90 Å². The van der Waals surface area contributed by atoms with Gasteiger partial charge in [0.15, 0.2) is 0 Å². The van der Waals surface area contributed by atoms with Gasteiger partial charge in [0, 0.05) is 34.1 Å². The number of benzene rings is 2. The molecule has 2 aliphatic rings. The van der Waals surface area contributed by atoms with Crippen LogP contribution in [0.5, 0.6) is 0 Å². The molecule has 1 nitrogen and oxygen atoms in total. The third-order valence-corrected chi connectivity index (χ3v) is 6.44. The fourth-order valence-corrected chi connectivity index (χ4v) is 5.15. The van der Waals surface area contributed by atoms with E-state index in [1.807, 2.05) is 39.0 Å². The second-order valence-electron chi connectivity index (χ2n) is 6.80. The number of anilines is 1. The van der Waals surface area contributed by atoms with Crippen LogP contribution in [0.25, 0.3) is 27.3 Å². The molecule has 1 aliphatic heterocycles. The highest BCUT2D eigenvalue weighted by molar-refractivity contribution is 7.20. The summed E-state index contributed by atoms with van der Waals surface area (Å²) in [6.45, 7) is 12.4. The molecular weight excluding hydrogens is 382 g/mol. The molecule has 0 saturated heterocycles. The van der Waals surface area contributed by atoms with E-state index >= 15 is 0 Å². The Morgan fingerprint density at radius 3 is 2.43 bits per heavy atom. The molecule has 0 bridgehead atoms. The largest absolute Gasteiger partial charge is 0.351 e. The van der Waals surface area contributed by atoms with Crippen molar-refractivity contribution in [3.63, 3.8) is 0 Å². The first kappa shape index (κ1) is 21.9. The Morgan fingerprint density at radius 1 is 0.900 bits per heavy atom. The minimum Gasteiger partial charge on any atom is -0.351 e. The van der Waals surface area contributed by atoms with Gasteiger partial charge in [-0.25, -0.2) is 0 Å². The lowest BCUT2D eigenvalue weighted by molar-refractivity contribution is 1.19. The van der Waals surface area contributed by atoms with Crippen LogP contribution in [-0.2, 0) is 6.42 Å². The molecule has 1 aliphatic carbocycles. The first-order chi connectivity index (χ1) is 14.7. The van der Waals surface area contributed by atoms with Crippen molar-refractivity contribution in [1.82, 2.24) is 0 Å². The average Bonchev–Trinajstić information content (AvgIpc) is 3.40. The first-order valence-electron chi connectivity index (χ1n) is 10.8. The second kappa shape index (κ2) is 9.77. The zero-order valence-electron chi connectivity index (χ0n) is 18.7. The van der Waals surface area contributed by atoms with Crippen LogP contribution in [0, 0.1) is 0 Å². The van der Waals surface area contributed by atoms with E-state index in [4.69, 9.17) is 0 Å². The van der Waals surface area contributed by atoms with Crippen LogP contribution in [0.4, 0.5) is 5.69 Å². The van der Waals surface area contributed by atoms with Gasteiger partial charge in [-0.3, -0.25) is 0 Å². The molecule has 0 radical (unpaired) electrons.